The average Bonchev–Trinajstić information content (AvgIpc) is 3.07. The summed E-state index contributed by atoms with van der Waals surface area (Å²) in [5.41, 5.74) is 8.05. The average molecular weight is 373 g/mol. The summed E-state index contributed by atoms with van der Waals surface area (Å²) in [6, 6.07) is 8.37. The van der Waals surface area contributed by atoms with Crippen LogP contribution in [0.15, 0.2) is 24.3 Å². The molecule has 2 atom stereocenters. The highest BCUT2D eigenvalue weighted by atomic mass is 35.5. The van der Waals surface area contributed by atoms with Crippen LogP contribution in [0.5, 0.6) is 0 Å². The summed E-state index contributed by atoms with van der Waals surface area (Å²) in [5, 5.41) is 3.05. The molecule has 0 aliphatic heterocycles. The van der Waals surface area contributed by atoms with Crippen LogP contribution in [0.4, 0.5) is 0 Å². The van der Waals surface area contributed by atoms with E-state index >= 15 is 0 Å². The van der Waals surface area contributed by atoms with Crippen molar-refractivity contribution in [1.29, 1.82) is 0 Å². The molecular formula is C17H26Cl2N4O. The number of nitrogens with two attached hydrogens (primary N) is 1. The Balaban J connectivity index is 0.00000144. The van der Waals surface area contributed by atoms with E-state index in [0.717, 1.165) is 49.1 Å². The molecule has 1 aromatic heterocycles. The lowest BCUT2D eigenvalue weighted by Gasteiger charge is -2.11. The number of imidazole rings is 1. The van der Waals surface area contributed by atoms with Gasteiger partial charge < -0.3 is 15.6 Å². The molecule has 2 unspecified atom stereocenters. The van der Waals surface area contributed by atoms with Gasteiger partial charge in [-0.2, -0.15) is 0 Å². The summed E-state index contributed by atoms with van der Waals surface area (Å²) in [6.07, 6.45) is 3.64. The van der Waals surface area contributed by atoms with E-state index < -0.39 is 0 Å². The first-order valence-corrected chi connectivity index (χ1v) is 8.10. The molecule has 3 rings (SSSR count). The lowest BCUT2D eigenvalue weighted by atomic mass is 10.1. The van der Waals surface area contributed by atoms with E-state index in [-0.39, 0.29) is 42.7 Å². The fourth-order valence-corrected chi connectivity index (χ4v) is 3.33. The molecule has 0 radical (unpaired) electrons. The first kappa shape index (κ1) is 20.7. The molecule has 0 bridgehead atoms. The number of hydrogen-bond donors (Lipinski definition) is 2. The molecule has 1 aliphatic carbocycles. The number of para-hydroxylation sites is 2. The zero-order valence-corrected chi connectivity index (χ0v) is 15.5. The molecule has 1 aromatic carbocycles. The summed E-state index contributed by atoms with van der Waals surface area (Å²) in [7, 11) is 0. The summed E-state index contributed by atoms with van der Waals surface area (Å²) >= 11 is 0. The molecule has 24 heavy (non-hydrogen) atoms. The van der Waals surface area contributed by atoms with Gasteiger partial charge in [-0.1, -0.05) is 12.1 Å². The topological polar surface area (TPSA) is 72.9 Å². The summed E-state index contributed by atoms with van der Waals surface area (Å²) in [5.74, 6) is 1.31. The highest BCUT2D eigenvalue weighted by molar-refractivity contribution is 5.85. The second-order valence-electron chi connectivity index (χ2n) is 6.21. The van der Waals surface area contributed by atoms with Crippen LogP contribution in [-0.4, -0.2) is 28.0 Å². The molecule has 1 amide bonds. The molecule has 3 N–H and O–H groups in total. The van der Waals surface area contributed by atoms with Gasteiger partial charge in [-0.05, 0) is 44.7 Å². The summed E-state index contributed by atoms with van der Waals surface area (Å²) in [6.45, 7) is 3.60. The van der Waals surface area contributed by atoms with Gasteiger partial charge in [0.2, 0.25) is 5.91 Å². The summed E-state index contributed by atoms with van der Waals surface area (Å²) < 4.78 is 2.22. The van der Waals surface area contributed by atoms with Crippen molar-refractivity contribution in [2.24, 2.45) is 11.7 Å². The summed E-state index contributed by atoms with van der Waals surface area (Å²) in [4.78, 5) is 16.6. The van der Waals surface area contributed by atoms with Gasteiger partial charge in [0.15, 0.2) is 0 Å². The molecule has 134 valence electrons. The van der Waals surface area contributed by atoms with Crippen molar-refractivity contribution in [3.63, 3.8) is 0 Å². The quantitative estimate of drug-likeness (QED) is 0.792. The van der Waals surface area contributed by atoms with E-state index in [9.17, 15) is 4.79 Å². The smallest absolute Gasteiger partial charge is 0.223 e. The highest BCUT2D eigenvalue weighted by Crippen LogP contribution is 2.24. The third-order valence-electron chi connectivity index (χ3n) is 4.55. The number of nitrogens with zero attached hydrogens (tertiary/aromatic N) is 2. The molecule has 7 heteroatoms. The Morgan fingerprint density at radius 3 is 2.79 bits per heavy atom. The van der Waals surface area contributed by atoms with Gasteiger partial charge in [0.05, 0.1) is 11.0 Å². The van der Waals surface area contributed by atoms with Gasteiger partial charge in [0, 0.05) is 25.0 Å². The Morgan fingerprint density at radius 1 is 1.33 bits per heavy atom. The number of rotatable bonds is 5. The van der Waals surface area contributed by atoms with Crippen LogP contribution >= 0.6 is 24.8 Å². The Bertz CT molecular complexity index is 674. The number of hydrogen-bond acceptors (Lipinski definition) is 3. The highest BCUT2D eigenvalue weighted by Gasteiger charge is 2.27. The minimum absolute atomic E-state index is 0. The van der Waals surface area contributed by atoms with E-state index in [4.69, 9.17) is 5.73 Å². The van der Waals surface area contributed by atoms with E-state index in [1.807, 2.05) is 25.1 Å². The normalized spacial score (nSPS) is 19.6. The maximum atomic E-state index is 12.0. The Morgan fingerprint density at radius 2 is 2.08 bits per heavy atom. The number of carbonyl (C=O) groups is 1. The minimum Gasteiger partial charge on any atom is -0.356 e. The van der Waals surface area contributed by atoms with Gasteiger partial charge in [-0.15, -0.1) is 24.8 Å². The van der Waals surface area contributed by atoms with Crippen molar-refractivity contribution in [1.82, 2.24) is 14.9 Å². The third-order valence-corrected chi connectivity index (χ3v) is 4.55. The number of halogens is 2. The maximum absolute atomic E-state index is 12.0. The monoisotopic (exact) mass is 372 g/mol. The van der Waals surface area contributed by atoms with Crippen molar-refractivity contribution >= 4 is 41.8 Å². The first-order valence-electron chi connectivity index (χ1n) is 8.10. The van der Waals surface area contributed by atoms with Crippen molar-refractivity contribution < 1.29 is 4.79 Å². The fourth-order valence-electron chi connectivity index (χ4n) is 3.33. The zero-order chi connectivity index (χ0) is 15.5. The van der Waals surface area contributed by atoms with Crippen molar-refractivity contribution in [2.45, 2.75) is 45.2 Å². The van der Waals surface area contributed by atoms with Gasteiger partial charge in [0.1, 0.15) is 5.82 Å². The molecule has 0 saturated heterocycles. The van der Waals surface area contributed by atoms with Crippen molar-refractivity contribution in [3.05, 3.63) is 30.1 Å². The third kappa shape index (κ3) is 4.62. The minimum atomic E-state index is 0. The Hall–Kier alpha value is -1.30. The molecule has 0 spiro atoms. The standard InChI is InChI=1S/C17H24N4O.2ClH/c1-12-20-15-5-2-3-6-16(15)21(12)10-4-9-19-17(22)13-7-8-14(18)11-13;;/h2-3,5-6,13-14H,4,7-11,18H2,1H3,(H,19,22);2*1H. The molecule has 2 aromatic rings. The molecule has 1 saturated carbocycles. The first-order chi connectivity index (χ1) is 10.6. The van der Waals surface area contributed by atoms with Crippen LogP contribution in [0.25, 0.3) is 11.0 Å². The molecular weight excluding hydrogens is 347 g/mol. The number of aryl methyl sites for hydroxylation is 2. The number of benzene rings is 1. The van der Waals surface area contributed by atoms with Crippen molar-refractivity contribution in [2.75, 3.05) is 6.54 Å². The molecule has 1 fully saturated rings. The second-order valence-corrected chi connectivity index (χ2v) is 6.21. The molecule has 1 aliphatic rings. The van der Waals surface area contributed by atoms with E-state index in [1.165, 1.54) is 0 Å². The Kier molecular flexibility index (Phi) is 8.00. The van der Waals surface area contributed by atoms with E-state index in [0.29, 0.717) is 6.54 Å². The van der Waals surface area contributed by atoms with Gasteiger partial charge >= 0.3 is 0 Å². The fraction of sp³-hybridized carbons (Fsp3) is 0.529. The van der Waals surface area contributed by atoms with Gasteiger partial charge in [-0.25, -0.2) is 4.98 Å². The number of carbonyl (C=O) groups excluding carboxylic acids is 1. The predicted octanol–water partition coefficient (Wildman–Crippen LogP) is 2.82. The van der Waals surface area contributed by atoms with Crippen LogP contribution in [0.3, 0.4) is 0 Å². The van der Waals surface area contributed by atoms with Gasteiger partial charge in [0.25, 0.3) is 0 Å². The van der Waals surface area contributed by atoms with Crippen LogP contribution < -0.4 is 11.1 Å². The Labute approximate surface area is 155 Å². The number of fused-ring (bicyclic) bond motifs is 1. The number of aromatic nitrogens is 2. The predicted molar refractivity (Wildman–Crippen MR) is 102 cm³/mol. The van der Waals surface area contributed by atoms with Crippen molar-refractivity contribution in [3.8, 4) is 0 Å². The lowest BCUT2D eigenvalue weighted by molar-refractivity contribution is -0.124. The SMILES string of the molecule is Cc1nc2ccccc2n1CCCNC(=O)C1CCC(N)C1.Cl.Cl. The van der Waals surface area contributed by atoms with Gasteiger partial charge in [-0.3, -0.25) is 4.79 Å². The van der Waals surface area contributed by atoms with Crippen LogP contribution in [0, 0.1) is 12.8 Å². The molecule has 1 heterocycles. The van der Waals surface area contributed by atoms with E-state index in [2.05, 4.69) is 20.9 Å². The van der Waals surface area contributed by atoms with Crippen LogP contribution in [0.1, 0.15) is 31.5 Å². The number of nitrogens with one attached hydrogen (secondary N) is 1. The number of amides is 1. The molecule has 5 nitrogen and oxygen atoms in total. The van der Waals surface area contributed by atoms with E-state index in [1.54, 1.807) is 0 Å². The van der Waals surface area contributed by atoms with Crippen LogP contribution in [-0.2, 0) is 11.3 Å². The zero-order valence-electron chi connectivity index (χ0n) is 13.9. The van der Waals surface area contributed by atoms with Crippen LogP contribution in [0.2, 0.25) is 0 Å². The lowest BCUT2D eigenvalue weighted by Crippen LogP contribution is -2.31. The maximum Gasteiger partial charge on any atom is 0.223 e. The second kappa shape index (κ2) is 9.25. The largest absolute Gasteiger partial charge is 0.356 e.